The lowest BCUT2D eigenvalue weighted by molar-refractivity contribution is 0.0900. The lowest BCUT2D eigenvalue weighted by Gasteiger charge is -2.31. The second kappa shape index (κ2) is 7.83. The van der Waals surface area contributed by atoms with Crippen LogP contribution in [-0.4, -0.2) is 38.6 Å². The average molecular weight is 413 g/mol. The summed E-state index contributed by atoms with van der Waals surface area (Å²) in [6.07, 6.45) is 3.00. The number of carbonyl (C=O) groups excluding carboxylic acids is 1. The van der Waals surface area contributed by atoms with E-state index in [2.05, 4.69) is 10.1 Å². The van der Waals surface area contributed by atoms with Gasteiger partial charge >= 0.3 is 0 Å². The third-order valence-electron chi connectivity index (χ3n) is 5.93. The number of aryl methyl sites for hydroxylation is 1. The molecule has 1 saturated heterocycles. The van der Waals surface area contributed by atoms with Crippen LogP contribution in [-0.2, 0) is 0 Å². The molecular formula is C24H23N5O2. The summed E-state index contributed by atoms with van der Waals surface area (Å²) in [6.45, 7) is 3.34. The van der Waals surface area contributed by atoms with E-state index in [1.165, 1.54) is 0 Å². The summed E-state index contributed by atoms with van der Waals surface area (Å²) < 4.78 is 1.68. The monoisotopic (exact) mass is 413 g/mol. The van der Waals surface area contributed by atoms with Gasteiger partial charge in [0.15, 0.2) is 11.4 Å². The second-order valence-corrected chi connectivity index (χ2v) is 8.01. The molecule has 31 heavy (non-hydrogen) atoms. The van der Waals surface area contributed by atoms with E-state index >= 15 is 0 Å². The zero-order valence-electron chi connectivity index (χ0n) is 17.3. The summed E-state index contributed by atoms with van der Waals surface area (Å²) in [7, 11) is 0. The number of aromatic amines is 1. The Morgan fingerprint density at radius 2 is 1.74 bits per heavy atom. The number of benzene rings is 2. The highest BCUT2D eigenvalue weighted by atomic mass is 16.1. The van der Waals surface area contributed by atoms with Gasteiger partial charge in [0.1, 0.15) is 5.39 Å². The van der Waals surface area contributed by atoms with Crippen LogP contribution in [0, 0.1) is 12.8 Å². The summed E-state index contributed by atoms with van der Waals surface area (Å²) in [4.78, 5) is 35.1. The fourth-order valence-corrected chi connectivity index (χ4v) is 4.12. The van der Waals surface area contributed by atoms with Crippen LogP contribution in [0.2, 0.25) is 0 Å². The number of hydrogen-bond acceptors (Lipinski definition) is 5. The SMILES string of the molecule is Cc1ccc(C(=O)C2CCN(c3nc4c(cnn4-c4ccccc4)c(=O)[nH]3)CC2)cc1. The molecule has 4 aromatic rings. The van der Waals surface area contributed by atoms with Crippen LogP contribution in [0.15, 0.2) is 65.6 Å². The van der Waals surface area contributed by atoms with Gasteiger partial charge in [-0.25, -0.2) is 4.68 Å². The summed E-state index contributed by atoms with van der Waals surface area (Å²) >= 11 is 0. The molecule has 7 nitrogen and oxygen atoms in total. The average Bonchev–Trinajstić information content (AvgIpc) is 3.24. The van der Waals surface area contributed by atoms with E-state index in [1.807, 2.05) is 66.4 Å². The van der Waals surface area contributed by atoms with Gasteiger partial charge in [0.2, 0.25) is 5.95 Å². The molecule has 2 aromatic heterocycles. The van der Waals surface area contributed by atoms with E-state index in [4.69, 9.17) is 4.98 Å². The normalized spacial score (nSPS) is 14.8. The number of hydrogen-bond donors (Lipinski definition) is 1. The minimum atomic E-state index is -0.208. The molecule has 5 rings (SSSR count). The van der Waals surface area contributed by atoms with Gasteiger partial charge in [0.05, 0.1) is 11.9 Å². The van der Waals surface area contributed by atoms with E-state index in [9.17, 15) is 9.59 Å². The number of Topliss-reactive ketones (excluding diaryl/α,β-unsaturated/α-hetero) is 1. The summed E-state index contributed by atoms with van der Waals surface area (Å²) in [5, 5.41) is 4.81. The van der Waals surface area contributed by atoms with Crippen molar-refractivity contribution in [1.29, 1.82) is 0 Å². The number of piperidine rings is 1. The molecule has 3 heterocycles. The number of H-pyrrole nitrogens is 1. The molecule has 1 fully saturated rings. The molecule has 7 heteroatoms. The Morgan fingerprint density at radius 1 is 1.03 bits per heavy atom. The zero-order valence-corrected chi connectivity index (χ0v) is 17.3. The highest BCUT2D eigenvalue weighted by Gasteiger charge is 2.27. The van der Waals surface area contributed by atoms with Crippen molar-refractivity contribution in [3.63, 3.8) is 0 Å². The highest BCUT2D eigenvalue weighted by Crippen LogP contribution is 2.25. The first-order valence-electron chi connectivity index (χ1n) is 10.5. The topological polar surface area (TPSA) is 83.9 Å². The first-order chi connectivity index (χ1) is 15.1. The minimum absolute atomic E-state index is 0.00995. The number of nitrogens with one attached hydrogen (secondary N) is 1. The van der Waals surface area contributed by atoms with Gasteiger partial charge in [0.25, 0.3) is 5.56 Å². The standard InChI is InChI=1S/C24H23N5O2/c1-16-7-9-17(10-8-16)21(30)18-11-13-28(14-12-18)24-26-22-20(23(31)27-24)15-25-29(22)19-5-3-2-4-6-19/h2-10,15,18H,11-14H2,1H3,(H,26,27,31). The molecule has 1 aliphatic rings. The fraction of sp³-hybridized carbons (Fsp3) is 0.250. The number of aromatic nitrogens is 4. The van der Waals surface area contributed by atoms with Crippen molar-refractivity contribution >= 4 is 22.8 Å². The Balaban J connectivity index is 1.38. The van der Waals surface area contributed by atoms with Crippen LogP contribution in [0.5, 0.6) is 0 Å². The predicted molar refractivity (Wildman–Crippen MR) is 120 cm³/mol. The van der Waals surface area contributed by atoms with Crippen molar-refractivity contribution in [1.82, 2.24) is 19.7 Å². The molecule has 0 radical (unpaired) electrons. The quantitative estimate of drug-likeness (QED) is 0.518. The van der Waals surface area contributed by atoms with Gasteiger partial charge in [-0.3, -0.25) is 14.6 Å². The van der Waals surface area contributed by atoms with Gasteiger partial charge in [-0.15, -0.1) is 0 Å². The van der Waals surface area contributed by atoms with Crippen LogP contribution < -0.4 is 10.5 Å². The lowest BCUT2D eigenvalue weighted by atomic mass is 9.89. The maximum absolute atomic E-state index is 12.8. The number of nitrogens with zero attached hydrogens (tertiary/aromatic N) is 4. The van der Waals surface area contributed by atoms with E-state index < -0.39 is 0 Å². The molecule has 1 N–H and O–H groups in total. The minimum Gasteiger partial charge on any atom is -0.342 e. The Hall–Kier alpha value is -3.74. The zero-order chi connectivity index (χ0) is 21.4. The van der Waals surface area contributed by atoms with Gasteiger partial charge in [-0.05, 0) is 31.9 Å². The molecule has 0 amide bonds. The van der Waals surface area contributed by atoms with Gasteiger partial charge < -0.3 is 4.90 Å². The molecule has 0 bridgehead atoms. The van der Waals surface area contributed by atoms with E-state index in [0.717, 1.165) is 29.7 Å². The lowest BCUT2D eigenvalue weighted by Crippen LogP contribution is -2.38. The number of fused-ring (bicyclic) bond motifs is 1. The number of rotatable bonds is 4. The Kier molecular flexibility index (Phi) is 4.86. The molecule has 0 unspecified atom stereocenters. The largest absolute Gasteiger partial charge is 0.342 e. The highest BCUT2D eigenvalue weighted by molar-refractivity contribution is 5.98. The predicted octanol–water partition coefficient (Wildman–Crippen LogP) is 3.52. The molecule has 2 aromatic carbocycles. The van der Waals surface area contributed by atoms with Crippen LogP contribution in [0.25, 0.3) is 16.7 Å². The second-order valence-electron chi connectivity index (χ2n) is 8.01. The van der Waals surface area contributed by atoms with Crippen LogP contribution >= 0.6 is 0 Å². The van der Waals surface area contributed by atoms with Crippen LogP contribution in [0.3, 0.4) is 0 Å². The summed E-state index contributed by atoms with van der Waals surface area (Å²) in [5.41, 5.74) is 3.09. The van der Waals surface area contributed by atoms with Crippen molar-refractivity contribution in [2.45, 2.75) is 19.8 Å². The smallest absolute Gasteiger partial charge is 0.263 e. The van der Waals surface area contributed by atoms with Gasteiger partial charge in [-0.1, -0.05) is 48.0 Å². The molecule has 156 valence electrons. The third-order valence-corrected chi connectivity index (χ3v) is 5.93. The van der Waals surface area contributed by atoms with Crippen LogP contribution in [0.4, 0.5) is 5.95 Å². The van der Waals surface area contributed by atoms with Crippen LogP contribution in [0.1, 0.15) is 28.8 Å². The number of carbonyl (C=O) groups is 1. The number of para-hydroxylation sites is 1. The van der Waals surface area contributed by atoms with Gasteiger partial charge in [-0.2, -0.15) is 10.1 Å². The van der Waals surface area contributed by atoms with Crippen molar-refractivity contribution in [2.75, 3.05) is 18.0 Å². The maximum Gasteiger partial charge on any atom is 0.263 e. The number of anilines is 1. The summed E-state index contributed by atoms with van der Waals surface area (Å²) in [6, 6.07) is 17.4. The van der Waals surface area contributed by atoms with Crippen molar-refractivity contribution in [2.24, 2.45) is 5.92 Å². The molecule has 0 atom stereocenters. The molecular weight excluding hydrogens is 390 g/mol. The van der Waals surface area contributed by atoms with Gasteiger partial charge in [0, 0.05) is 24.6 Å². The molecule has 0 spiro atoms. The van der Waals surface area contributed by atoms with Crippen molar-refractivity contribution in [3.05, 3.63) is 82.3 Å². The Labute approximate surface area is 179 Å². The molecule has 1 aliphatic heterocycles. The summed E-state index contributed by atoms with van der Waals surface area (Å²) in [5.74, 6) is 0.708. The fourth-order valence-electron chi connectivity index (χ4n) is 4.12. The Morgan fingerprint density at radius 3 is 2.45 bits per heavy atom. The van der Waals surface area contributed by atoms with E-state index in [-0.39, 0.29) is 17.3 Å². The number of ketones is 1. The van der Waals surface area contributed by atoms with E-state index in [1.54, 1.807) is 10.9 Å². The Bertz CT molecular complexity index is 1280. The van der Waals surface area contributed by atoms with Crippen molar-refractivity contribution < 1.29 is 4.79 Å². The first kappa shape index (κ1) is 19.2. The molecule has 0 aliphatic carbocycles. The maximum atomic E-state index is 12.8. The van der Waals surface area contributed by atoms with E-state index in [0.29, 0.717) is 30.1 Å². The molecule has 0 saturated carbocycles. The van der Waals surface area contributed by atoms with Crippen molar-refractivity contribution in [3.8, 4) is 5.69 Å². The first-order valence-corrected chi connectivity index (χ1v) is 10.5. The third kappa shape index (κ3) is 3.63.